The second-order valence-corrected chi connectivity index (χ2v) is 6.78. The summed E-state index contributed by atoms with van der Waals surface area (Å²) >= 11 is 0. The van der Waals surface area contributed by atoms with Crippen molar-refractivity contribution in [3.05, 3.63) is 66.7 Å². The molecule has 0 atom stereocenters. The summed E-state index contributed by atoms with van der Waals surface area (Å²) in [5.41, 5.74) is 1.98. The highest BCUT2D eigenvalue weighted by Gasteiger charge is 2.22. The van der Waals surface area contributed by atoms with E-state index in [0.29, 0.717) is 5.95 Å². The highest BCUT2D eigenvalue weighted by molar-refractivity contribution is 5.95. The fraction of sp³-hybridized carbons (Fsp3) is 0.182. The van der Waals surface area contributed by atoms with E-state index in [0.717, 1.165) is 54.1 Å². The number of hydrogen-bond donors (Lipinski definition) is 2. The fourth-order valence-electron chi connectivity index (χ4n) is 3.71. The smallest absolute Gasteiger partial charge is 0.238 e. The van der Waals surface area contributed by atoms with Crippen LogP contribution >= 0.6 is 0 Å². The Bertz CT molecular complexity index is 1100. The van der Waals surface area contributed by atoms with Crippen LogP contribution in [0.1, 0.15) is 0 Å². The van der Waals surface area contributed by atoms with Crippen LogP contribution < -0.4 is 10.2 Å². The number of nitrogens with one attached hydrogen (secondary N) is 2. The van der Waals surface area contributed by atoms with Crippen LogP contribution in [0.25, 0.3) is 21.7 Å². The molecule has 5 rings (SSSR count). The van der Waals surface area contributed by atoms with Crippen LogP contribution in [0.2, 0.25) is 0 Å². The minimum Gasteiger partial charge on any atom is -0.370 e. The van der Waals surface area contributed by atoms with E-state index in [1.807, 2.05) is 12.1 Å². The van der Waals surface area contributed by atoms with E-state index in [2.05, 4.69) is 59.9 Å². The van der Waals surface area contributed by atoms with Gasteiger partial charge in [-0.05, 0) is 23.6 Å². The Labute approximate surface area is 157 Å². The van der Waals surface area contributed by atoms with Crippen molar-refractivity contribution in [2.24, 2.45) is 0 Å². The van der Waals surface area contributed by atoms with Gasteiger partial charge in [-0.25, -0.2) is 4.98 Å². The van der Waals surface area contributed by atoms with Gasteiger partial charge >= 0.3 is 0 Å². The van der Waals surface area contributed by atoms with Gasteiger partial charge in [-0.2, -0.15) is 4.98 Å². The maximum absolute atomic E-state index is 5.53. The van der Waals surface area contributed by atoms with Crippen molar-refractivity contribution in [3.8, 4) is 0 Å². The SMILES string of the molecule is c1ccc2c(Nc3nc([NH+]4CCOCC4)c4ccccc4n3)cccc2c1. The molecule has 27 heavy (non-hydrogen) atoms. The molecule has 1 aliphatic rings. The number of aromatic nitrogens is 2. The molecular formula is C22H21N4O+. The predicted molar refractivity (Wildman–Crippen MR) is 108 cm³/mol. The first-order valence-electron chi connectivity index (χ1n) is 9.33. The van der Waals surface area contributed by atoms with Crippen LogP contribution in [0.4, 0.5) is 17.5 Å². The monoisotopic (exact) mass is 357 g/mol. The molecule has 0 radical (unpaired) electrons. The Balaban J connectivity index is 1.60. The molecule has 3 aromatic carbocycles. The lowest BCUT2D eigenvalue weighted by atomic mass is 10.1. The quantitative estimate of drug-likeness (QED) is 0.592. The van der Waals surface area contributed by atoms with Gasteiger partial charge in [0.15, 0.2) is 0 Å². The summed E-state index contributed by atoms with van der Waals surface area (Å²) in [4.78, 5) is 11.0. The summed E-state index contributed by atoms with van der Waals surface area (Å²) in [7, 11) is 0. The van der Waals surface area contributed by atoms with Gasteiger partial charge in [0.2, 0.25) is 11.8 Å². The van der Waals surface area contributed by atoms with Gasteiger partial charge < -0.3 is 10.1 Å². The standard InChI is InChI=1S/C22H20N4O/c1-2-8-17-16(6-1)7-5-11-19(17)23-22-24-20-10-4-3-9-18(20)21(25-22)26-12-14-27-15-13-26/h1-11H,12-15H2,(H,23,24,25)/p+1. The lowest BCUT2D eigenvalue weighted by molar-refractivity contribution is -0.843. The molecule has 0 aliphatic carbocycles. The number of para-hydroxylation sites is 1. The molecule has 4 aromatic rings. The molecule has 134 valence electrons. The summed E-state index contributed by atoms with van der Waals surface area (Å²) in [6.07, 6.45) is 0. The zero-order chi connectivity index (χ0) is 18.1. The first-order valence-corrected chi connectivity index (χ1v) is 9.33. The summed E-state index contributed by atoms with van der Waals surface area (Å²) in [5, 5.41) is 6.92. The van der Waals surface area contributed by atoms with E-state index in [-0.39, 0.29) is 0 Å². The van der Waals surface area contributed by atoms with Crippen LogP contribution in [0.5, 0.6) is 0 Å². The van der Waals surface area contributed by atoms with E-state index in [1.54, 1.807) is 0 Å². The number of morpholine rings is 1. The van der Waals surface area contributed by atoms with Crippen LogP contribution in [-0.2, 0) is 4.74 Å². The molecule has 0 unspecified atom stereocenters. The van der Waals surface area contributed by atoms with E-state index >= 15 is 0 Å². The second kappa shape index (κ2) is 6.95. The molecule has 1 aromatic heterocycles. The molecule has 2 N–H and O–H groups in total. The molecule has 0 spiro atoms. The van der Waals surface area contributed by atoms with Gasteiger partial charge in [0.25, 0.3) is 0 Å². The van der Waals surface area contributed by atoms with Crippen LogP contribution in [-0.4, -0.2) is 36.3 Å². The third kappa shape index (κ3) is 3.12. The van der Waals surface area contributed by atoms with Crippen molar-refractivity contribution in [3.63, 3.8) is 0 Å². The van der Waals surface area contributed by atoms with Crippen molar-refractivity contribution in [2.45, 2.75) is 0 Å². The number of anilines is 2. The Morgan fingerprint density at radius 2 is 1.52 bits per heavy atom. The fourth-order valence-corrected chi connectivity index (χ4v) is 3.71. The van der Waals surface area contributed by atoms with Gasteiger partial charge in [-0.3, -0.25) is 4.90 Å². The third-order valence-corrected chi connectivity index (χ3v) is 5.07. The van der Waals surface area contributed by atoms with E-state index in [1.165, 1.54) is 10.3 Å². The minimum absolute atomic E-state index is 0.638. The van der Waals surface area contributed by atoms with E-state index < -0.39 is 0 Å². The van der Waals surface area contributed by atoms with Crippen LogP contribution in [0.15, 0.2) is 66.7 Å². The largest absolute Gasteiger partial charge is 0.370 e. The topological polar surface area (TPSA) is 51.5 Å². The highest BCUT2D eigenvalue weighted by atomic mass is 16.5. The Morgan fingerprint density at radius 1 is 0.778 bits per heavy atom. The van der Waals surface area contributed by atoms with Gasteiger partial charge in [-0.1, -0.05) is 48.5 Å². The number of nitrogens with zero attached hydrogens (tertiary/aromatic N) is 2. The lowest BCUT2D eigenvalue weighted by Gasteiger charge is -2.23. The highest BCUT2D eigenvalue weighted by Crippen LogP contribution is 2.27. The van der Waals surface area contributed by atoms with Gasteiger partial charge in [0.1, 0.15) is 13.1 Å². The normalized spacial score (nSPS) is 15.3. The molecule has 0 bridgehead atoms. The van der Waals surface area contributed by atoms with Crippen molar-refractivity contribution in [2.75, 3.05) is 31.6 Å². The Kier molecular flexibility index (Phi) is 4.16. The van der Waals surface area contributed by atoms with Gasteiger partial charge in [0.05, 0.1) is 24.1 Å². The van der Waals surface area contributed by atoms with E-state index in [9.17, 15) is 0 Å². The number of hydrogen-bond acceptors (Lipinski definition) is 4. The number of benzene rings is 3. The molecule has 1 fully saturated rings. The maximum atomic E-state index is 5.53. The van der Waals surface area contributed by atoms with Crippen LogP contribution in [0.3, 0.4) is 0 Å². The average Bonchev–Trinajstić information content (AvgIpc) is 2.74. The molecule has 1 aliphatic heterocycles. The third-order valence-electron chi connectivity index (χ3n) is 5.07. The Morgan fingerprint density at radius 3 is 2.41 bits per heavy atom. The molecule has 5 heteroatoms. The van der Waals surface area contributed by atoms with E-state index in [4.69, 9.17) is 14.7 Å². The number of fused-ring (bicyclic) bond motifs is 2. The first-order chi connectivity index (χ1) is 13.4. The summed E-state index contributed by atoms with van der Waals surface area (Å²) in [5.74, 6) is 1.69. The number of rotatable bonds is 3. The zero-order valence-corrected chi connectivity index (χ0v) is 15.0. The van der Waals surface area contributed by atoms with Crippen molar-refractivity contribution in [1.82, 2.24) is 9.97 Å². The zero-order valence-electron chi connectivity index (χ0n) is 15.0. The summed E-state index contributed by atoms with van der Waals surface area (Å²) in [6.45, 7) is 3.38. The predicted octanol–water partition coefficient (Wildman–Crippen LogP) is 3.07. The number of ether oxygens (including phenoxy) is 1. The summed E-state index contributed by atoms with van der Waals surface area (Å²) in [6, 6.07) is 22.8. The van der Waals surface area contributed by atoms with Crippen molar-refractivity contribution >= 4 is 39.1 Å². The molecule has 0 saturated carbocycles. The lowest BCUT2D eigenvalue weighted by Crippen LogP contribution is -3.09. The Hall–Kier alpha value is -3.02. The van der Waals surface area contributed by atoms with Crippen LogP contribution in [0, 0.1) is 0 Å². The van der Waals surface area contributed by atoms with Gasteiger partial charge in [-0.15, -0.1) is 0 Å². The minimum atomic E-state index is 0.638. The molecule has 1 saturated heterocycles. The molecule has 5 nitrogen and oxygen atoms in total. The number of quaternary nitrogens is 1. The average molecular weight is 357 g/mol. The first kappa shape index (κ1) is 16.2. The maximum Gasteiger partial charge on any atom is 0.238 e. The van der Waals surface area contributed by atoms with Crippen molar-refractivity contribution in [1.29, 1.82) is 0 Å². The van der Waals surface area contributed by atoms with Gasteiger partial charge in [0, 0.05) is 11.1 Å². The molecule has 2 heterocycles. The molecule has 0 amide bonds. The van der Waals surface area contributed by atoms with Crippen molar-refractivity contribution < 1.29 is 9.64 Å². The molecular weight excluding hydrogens is 336 g/mol. The summed E-state index contributed by atoms with van der Waals surface area (Å²) < 4.78 is 5.53. The second-order valence-electron chi connectivity index (χ2n) is 6.78.